The van der Waals surface area contributed by atoms with E-state index in [1.54, 1.807) is 14.2 Å². The molecule has 0 aromatic heterocycles. The summed E-state index contributed by atoms with van der Waals surface area (Å²) >= 11 is 0. The molecule has 0 radical (unpaired) electrons. The molecule has 0 aliphatic heterocycles. The van der Waals surface area contributed by atoms with Crippen molar-refractivity contribution in [2.45, 2.75) is 32.0 Å². The van der Waals surface area contributed by atoms with Crippen LogP contribution in [0.3, 0.4) is 0 Å². The standard InChI is InChI=1S/C14H22O4/c1-14-6-4-11(17-3)13(10(14)8-16-2)12(5-7-14)18-9-15/h5,7,9-13H,4,6,8H2,1-3H3/t10-,11+,12+,13-,14+/m1/s1. The lowest BCUT2D eigenvalue weighted by Crippen LogP contribution is -2.53. The van der Waals surface area contributed by atoms with Crippen molar-refractivity contribution in [2.24, 2.45) is 17.3 Å². The lowest BCUT2D eigenvalue weighted by atomic mass is 9.57. The Kier molecular flexibility index (Phi) is 4.07. The van der Waals surface area contributed by atoms with E-state index in [9.17, 15) is 4.79 Å². The van der Waals surface area contributed by atoms with Gasteiger partial charge in [0.25, 0.3) is 6.47 Å². The number of rotatable bonds is 5. The van der Waals surface area contributed by atoms with Crippen molar-refractivity contribution in [3.8, 4) is 0 Å². The first kappa shape index (κ1) is 13.6. The third-order valence-electron chi connectivity index (χ3n) is 4.62. The van der Waals surface area contributed by atoms with Crippen molar-refractivity contribution in [1.29, 1.82) is 0 Å². The van der Waals surface area contributed by atoms with Gasteiger partial charge in [0.1, 0.15) is 6.10 Å². The van der Waals surface area contributed by atoms with E-state index in [-0.39, 0.29) is 23.5 Å². The number of carbonyl (C=O) groups is 1. The number of carbonyl (C=O) groups excluding carboxylic acids is 1. The Bertz CT molecular complexity index is 328. The molecule has 4 heteroatoms. The molecule has 102 valence electrons. The molecule has 1 fully saturated rings. The van der Waals surface area contributed by atoms with Gasteiger partial charge in [-0.25, -0.2) is 0 Å². The van der Waals surface area contributed by atoms with Crippen molar-refractivity contribution in [1.82, 2.24) is 0 Å². The normalized spacial score (nSPS) is 42.6. The Morgan fingerprint density at radius 3 is 2.83 bits per heavy atom. The van der Waals surface area contributed by atoms with Crippen molar-refractivity contribution in [2.75, 3.05) is 20.8 Å². The highest BCUT2D eigenvalue weighted by Gasteiger charge is 2.51. The van der Waals surface area contributed by atoms with E-state index < -0.39 is 0 Å². The molecular weight excluding hydrogens is 232 g/mol. The Morgan fingerprint density at radius 2 is 2.22 bits per heavy atom. The summed E-state index contributed by atoms with van der Waals surface area (Å²) in [6.45, 7) is 3.45. The topological polar surface area (TPSA) is 44.8 Å². The van der Waals surface area contributed by atoms with Crippen LogP contribution >= 0.6 is 0 Å². The van der Waals surface area contributed by atoms with Crippen LogP contribution in [0.1, 0.15) is 19.8 Å². The fourth-order valence-corrected chi connectivity index (χ4v) is 3.58. The van der Waals surface area contributed by atoms with Crippen LogP contribution in [0.15, 0.2) is 12.2 Å². The molecule has 0 saturated heterocycles. The first-order chi connectivity index (χ1) is 8.66. The average molecular weight is 254 g/mol. The zero-order chi connectivity index (χ0) is 13.2. The summed E-state index contributed by atoms with van der Waals surface area (Å²) in [5.74, 6) is 0.514. The van der Waals surface area contributed by atoms with Gasteiger partial charge in [-0.2, -0.15) is 0 Å². The second kappa shape index (κ2) is 5.41. The molecule has 1 saturated carbocycles. The molecule has 18 heavy (non-hydrogen) atoms. The number of allylic oxidation sites excluding steroid dienone is 1. The van der Waals surface area contributed by atoms with Crippen molar-refractivity contribution >= 4 is 6.47 Å². The van der Waals surface area contributed by atoms with Gasteiger partial charge in [-0.3, -0.25) is 4.79 Å². The minimum Gasteiger partial charge on any atom is -0.460 e. The van der Waals surface area contributed by atoms with Gasteiger partial charge in [0.2, 0.25) is 0 Å². The molecule has 4 nitrogen and oxygen atoms in total. The maximum absolute atomic E-state index is 10.6. The average Bonchev–Trinajstić information content (AvgIpc) is 2.36. The number of ether oxygens (including phenoxy) is 3. The van der Waals surface area contributed by atoms with Crippen LogP contribution in [0.2, 0.25) is 0 Å². The van der Waals surface area contributed by atoms with E-state index in [0.717, 1.165) is 12.8 Å². The predicted molar refractivity (Wildman–Crippen MR) is 67.1 cm³/mol. The Balaban J connectivity index is 2.31. The molecule has 2 rings (SSSR count). The molecule has 2 bridgehead atoms. The zero-order valence-electron chi connectivity index (χ0n) is 11.3. The molecule has 0 unspecified atom stereocenters. The molecular formula is C14H22O4. The largest absolute Gasteiger partial charge is 0.460 e. The second-order valence-corrected chi connectivity index (χ2v) is 5.51. The van der Waals surface area contributed by atoms with Crippen LogP contribution in [-0.2, 0) is 19.0 Å². The van der Waals surface area contributed by atoms with Gasteiger partial charge in [0.05, 0.1) is 12.7 Å². The molecule has 0 aromatic rings. The second-order valence-electron chi connectivity index (χ2n) is 5.51. The monoisotopic (exact) mass is 254 g/mol. The lowest BCUT2D eigenvalue weighted by molar-refractivity contribution is -0.150. The fourth-order valence-electron chi connectivity index (χ4n) is 3.58. The minimum absolute atomic E-state index is 0.123. The minimum atomic E-state index is -0.194. The van der Waals surface area contributed by atoms with Crippen molar-refractivity contribution < 1.29 is 19.0 Å². The van der Waals surface area contributed by atoms with Gasteiger partial charge in [-0.05, 0) is 24.3 Å². The van der Waals surface area contributed by atoms with Crippen LogP contribution in [0.4, 0.5) is 0 Å². The third-order valence-corrected chi connectivity index (χ3v) is 4.62. The van der Waals surface area contributed by atoms with E-state index in [4.69, 9.17) is 14.2 Å². The van der Waals surface area contributed by atoms with Gasteiger partial charge in [0, 0.05) is 26.1 Å². The van der Waals surface area contributed by atoms with Gasteiger partial charge in [-0.15, -0.1) is 0 Å². The first-order valence-electron chi connectivity index (χ1n) is 6.46. The molecule has 0 heterocycles. The van der Waals surface area contributed by atoms with E-state index in [0.29, 0.717) is 19.0 Å². The highest BCUT2D eigenvalue weighted by atomic mass is 16.5. The fraction of sp³-hybridized carbons (Fsp3) is 0.786. The van der Waals surface area contributed by atoms with E-state index in [1.807, 2.05) is 6.08 Å². The smallest absolute Gasteiger partial charge is 0.293 e. The van der Waals surface area contributed by atoms with Gasteiger partial charge < -0.3 is 14.2 Å². The van der Waals surface area contributed by atoms with E-state index >= 15 is 0 Å². The Labute approximate surface area is 108 Å². The van der Waals surface area contributed by atoms with Crippen LogP contribution in [0, 0.1) is 17.3 Å². The number of hydrogen-bond donors (Lipinski definition) is 0. The summed E-state index contributed by atoms with van der Waals surface area (Å²) in [5.41, 5.74) is 0.123. The van der Waals surface area contributed by atoms with Gasteiger partial charge in [-0.1, -0.05) is 13.0 Å². The number of methoxy groups -OCH3 is 2. The molecule has 5 atom stereocenters. The summed E-state index contributed by atoms with van der Waals surface area (Å²) < 4.78 is 16.2. The molecule has 0 amide bonds. The Morgan fingerprint density at radius 1 is 1.44 bits per heavy atom. The maximum atomic E-state index is 10.6. The predicted octanol–water partition coefficient (Wildman–Crippen LogP) is 1.79. The van der Waals surface area contributed by atoms with E-state index in [2.05, 4.69) is 13.0 Å². The summed E-state index contributed by atoms with van der Waals surface area (Å²) in [4.78, 5) is 10.6. The molecule has 2 aliphatic rings. The SMILES string of the molecule is COC[C@@H]1[C@H]2[C@@H](OC=O)C=C[C@]1(C)CC[C@@H]2OC. The summed E-state index contributed by atoms with van der Waals surface area (Å²) in [6.07, 6.45) is 6.22. The third kappa shape index (κ3) is 2.19. The quantitative estimate of drug-likeness (QED) is 0.554. The van der Waals surface area contributed by atoms with Crippen LogP contribution in [0.5, 0.6) is 0 Å². The summed E-state index contributed by atoms with van der Waals surface area (Å²) in [5, 5.41) is 0. The molecule has 2 aliphatic carbocycles. The number of fused-ring (bicyclic) bond motifs is 2. The van der Waals surface area contributed by atoms with Gasteiger partial charge >= 0.3 is 0 Å². The van der Waals surface area contributed by atoms with Crippen LogP contribution in [0.25, 0.3) is 0 Å². The highest BCUT2D eigenvalue weighted by molar-refractivity contribution is 5.38. The van der Waals surface area contributed by atoms with E-state index in [1.165, 1.54) is 0 Å². The summed E-state index contributed by atoms with van der Waals surface area (Å²) in [6, 6.07) is 0. The summed E-state index contributed by atoms with van der Waals surface area (Å²) in [7, 11) is 3.45. The van der Waals surface area contributed by atoms with Crippen LogP contribution in [-0.4, -0.2) is 39.5 Å². The maximum Gasteiger partial charge on any atom is 0.293 e. The zero-order valence-corrected chi connectivity index (χ0v) is 11.3. The first-order valence-corrected chi connectivity index (χ1v) is 6.46. The molecule has 0 N–H and O–H groups in total. The Hall–Kier alpha value is -0.870. The number of hydrogen-bond acceptors (Lipinski definition) is 4. The molecule has 0 spiro atoms. The van der Waals surface area contributed by atoms with Crippen molar-refractivity contribution in [3.63, 3.8) is 0 Å². The lowest BCUT2D eigenvalue weighted by Gasteiger charge is -2.51. The highest BCUT2D eigenvalue weighted by Crippen LogP contribution is 2.51. The molecule has 0 aromatic carbocycles. The van der Waals surface area contributed by atoms with Crippen molar-refractivity contribution in [3.05, 3.63) is 12.2 Å². The van der Waals surface area contributed by atoms with Gasteiger partial charge in [0.15, 0.2) is 0 Å². The van der Waals surface area contributed by atoms with Crippen LogP contribution < -0.4 is 0 Å².